The SMILES string of the molecule is CCCn1nnnc1NCc1cc(Br)c(OCC)c(OCC)c1. The van der Waals surface area contributed by atoms with Crippen molar-refractivity contribution in [3.05, 3.63) is 22.2 Å². The normalized spacial score (nSPS) is 10.6. The summed E-state index contributed by atoms with van der Waals surface area (Å²) in [7, 11) is 0. The Morgan fingerprint density at radius 2 is 1.96 bits per heavy atom. The summed E-state index contributed by atoms with van der Waals surface area (Å²) in [5, 5.41) is 14.9. The Kier molecular flexibility index (Phi) is 6.64. The van der Waals surface area contributed by atoms with Crippen LogP contribution in [0.5, 0.6) is 11.5 Å². The molecule has 0 atom stereocenters. The van der Waals surface area contributed by atoms with Crippen molar-refractivity contribution < 1.29 is 9.47 Å². The zero-order chi connectivity index (χ0) is 16.7. The smallest absolute Gasteiger partial charge is 0.243 e. The largest absolute Gasteiger partial charge is 0.490 e. The van der Waals surface area contributed by atoms with Crippen LogP contribution in [0.3, 0.4) is 0 Å². The van der Waals surface area contributed by atoms with E-state index in [-0.39, 0.29) is 0 Å². The van der Waals surface area contributed by atoms with E-state index >= 15 is 0 Å². The lowest BCUT2D eigenvalue weighted by atomic mass is 10.2. The van der Waals surface area contributed by atoms with Crippen LogP contribution in [0, 0.1) is 0 Å². The number of benzene rings is 1. The molecule has 126 valence electrons. The Bertz CT molecular complexity index is 632. The van der Waals surface area contributed by atoms with Crippen molar-refractivity contribution in [3.8, 4) is 11.5 Å². The van der Waals surface area contributed by atoms with E-state index in [2.05, 4.69) is 43.7 Å². The van der Waals surface area contributed by atoms with Crippen molar-refractivity contribution in [2.24, 2.45) is 0 Å². The van der Waals surface area contributed by atoms with E-state index in [4.69, 9.17) is 9.47 Å². The van der Waals surface area contributed by atoms with Crippen molar-refractivity contribution in [2.45, 2.75) is 40.3 Å². The first kappa shape index (κ1) is 17.5. The van der Waals surface area contributed by atoms with Gasteiger partial charge in [-0.15, -0.1) is 0 Å². The molecule has 1 N–H and O–H groups in total. The van der Waals surface area contributed by atoms with E-state index in [0.717, 1.165) is 34.5 Å². The maximum absolute atomic E-state index is 5.68. The minimum absolute atomic E-state index is 0.581. The van der Waals surface area contributed by atoms with Crippen molar-refractivity contribution in [1.29, 1.82) is 0 Å². The maximum atomic E-state index is 5.68. The molecule has 0 aliphatic rings. The standard InChI is InChI=1S/C15H22BrN5O2/c1-4-7-21-15(18-19-20-21)17-10-11-8-12(16)14(23-6-3)13(9-11)22-5-2/h8-9H,4-7,10H2,1-3H3,(H,17,18,20). The van der Waals surface area contributed by atoms with Crippen LogP contribution in [0.2, 0.25) is 0 Å². The molecule has 0 bridgehead atoms. The van der Waals surface area contributed by atoms with Gasteiger partial charge in [-0.05, 0) is 64.3 Å². The number of aryl methyl sites for hydroxylation is 1. The number of nitrogens with zero attached hydrogens (tertiary/aromatic N) is 4. The van der Waals surface area contributed by atoms with Crippen LogP contribution < -0.4 is 14.8 Å². The topological polar surface area (TPSA) is 74.1 Å². The minimum Gasteiger partial charge on any atom is -0.490 e. The molecule has 1 aromatic heterocycles. The molecule has 2 rings (SSSR count). The molecule has 0 amide bonds. The van der Waals surface area contributed by atoms with E-state index in [1.54, 1.807) is 4.68 Å². The van der Waals surface area contributed by atoms with Crippen molar-refractivity contribution in [1.82, 2.24) is 20.2 Å². The third kappa shape index (κ3) is 4.57. The molecule has 0 saturated heterocycles. The van der Waals surface area contributed by atoms with Gasteiger partial charge in [-0.25, -0.2) is 4.68 Å². The fourth-order valence-corrected chi connectivity index (χ4v) is 2.75. The lowest BCUT2D eigenvalue weighted by molar-refractivity contribution is 0.286. The summed E-state index contributed by atoms with van der Waals surface area (Å²) in [5.41, 5.74) is 1.05. The number of nitrogens with one attached hydrogen (secondary N) is 1. The van der Waals surface area contributed by atoms with Crippen LogP contribution in [-0.2, 0) is 13.1 Å². The third-order valence-corrected chi connectivity index (χ3v) is 3.66. The molecule has 0 radical (unpaired) electrons. The number of tetrazole rings is 1. The molecule has 0 saturated carbocycles. The molecule has 0 aliphatic carbocycles. The molecule has 8 heteroatoms. The van der Waals surface area contributed by atoms with Crippen molar-refractivity contribution in [3.63, 3.8) is 0 Å². The van der Waals surface area contributed by atoms with Gasteiger partial charge in [0, 0.05) is 13.1 Å². The zero-order valence-electron chi connectivity index (χ0n) is 13.7. The minimum atomic E-state index is 0.581. The molecule has 1 heterocycles. The van der Waals surface area contributed by atoms with E-state index in [0.29, 0.717) is 25.7 Å². The van der Waals surface area contributed by atoms with Gasteiger partial charge < -0.3 is 14.8 Å². The molecule has 0 aliphatic heterocycles. The van der Waals surface area contributed by atoms with E-state index < -0.39 is 0 Å². The summed E-state index contributed by atoms with van der Waals surface area (Å²) in [6.07, 6.45) is 0.975. The Balaban J connectivity index is 2.14. The van der Waals surface area contributed by atoms with Gasteiger partial charge in [0.1, 0.15) is 0 Å². The van der Waals surface area contributed by atoms with Crippen LogP contribution in [0.4, 0.5) is 5.95 Å². The van der Waals surface area contributed by atoms with Gasteiger partial charge in [-0.2, -0.15) is 0 Å². The second-order valence-electron chi connectivity index (χ2n) is 4.85. The number of anilines is 1. The summed E-state index contributed by atoms with van der Waals surface area (Å²) < 4.78 is 14.0. The van der Waals surface area contributed by atoms with Gasteiger partial charge in [0.15, 0.2) is 11.5 Å². The quantitative estimate of drug-likeness (QED) is 0.716. The number of ether oxygens (including phenoxy) is 2. The number of halogens is 1. The number of hydrogen-bond donors (Lipinski definition) is 1. The Morgan fingerprint density at radius 1 is 1.17 bits per heavy atom. The van der Waals surface area contributed by atoms with Gasteiger partial charge in [0.05, 0.1) is 17.7 Å². The highest BCUT2D eigenvalue weighted by Crippen LogP contribution is 2.37. The Morgan fingerprint density at radius 3 is 2.65 bits per heavy atom. The molecule has 23 heavy (non-hydrogen) atoms. The molecular weight excluding hydrogens is 362 g/mol. The zero-order valence-corrected chi connectivity index (χ0v) is 15.3. The van der Waals surface area contributed by atoms with E-state index in [1.807, 2.05) is 26.0 Å². The fourth-order valence-electron chi connectivity index (χ4n) is 2.15. The van der Waals surface area contributed by atoms with Crippen LogP contribution in [-0.4, -0.2) is 33.4 Å². The third-order valence-electron chi connectivity index (χ3n) is 3.08. The average molecular weight is 384 g/mol. The van der Waals surface area contributed by atoms with Gasteiger partial charge >= 0.3 is 0 Å². The van der Waals surface area contributed by atoms with Gasteiger partial charge in [-0.3, -0.25) is 0 Å². The second kappa shape index (κ2) is 8.71. The lowest BCUT2D eigenvalue weighted by Gasteiger charge is -2.15. The molecule has 1 aromatic carbocycles. The Hall–Kier alpha value is -1.83. The summed E-state index contributed by atoms with van der Waals surface area (Å²) in [6, 6.07) is 3.98. The summed E-state index contributed by atoms with van der Waals surface area (Å²) in [4.78, 5) is 0. The fraction of sp³-hybridized carbons (Fsp3) is 0.533. The number of aromatic nitrogens is 4. The monoisotopic (exact) mass is 383 g/mol. The van der Waals surface area contributed by atoms with Crippen LogP contribution in [0.15, 0.2) is 16.6 Å². The van der Waals surface area contributed by atoms with Gasteiger partial charge in [0.25, 0.3) is 0 Å². The number of rotatable bonds is 9. The van der Waals surface area contributed by atoms with E-state index in [9.17, 15) is 0 Å². The molecule has 0 fully saturated rings. The van der Waals surface area contributed by atoms with Gasteiger partial charge in [-0.1, -0.05) is 12.0 Å². The van der Waals surface area contributed by atoms with Crippen molar-refractivity contribution in [2.75, 3.05) is 18.5 Å². The Labute approximate surface area is 144 Å². The highest BCUT2D eigenvalue weighted by Gasteiger charge is 2.12. The first-order chi connectivity index (χ1) is 11.2. The highest BCUT2D eigenvalue weighted by atomic mass is 79.9. The lowest BCUT2D eigenvalue weighted by Crippen LogP contribution is -2.09. The molecule has 0 spiro atoms. The highest BCUT2D eigenvalue weighted by molar-refractivity contribution is 9.10. The summed E-state index contributed by atoms with van der Waals surface area (Å²) in [6.45, 7) is 8.53. The van der Waals surface area contributed by atoms with Crippen LogP contribution in [0.25, 0.3) is 0 Å². The van der Waals surface area contributed by atoms with Gasteiger partial charge in [0.2, 0.25) is 5.95 Å². The first-order valence-corrected chi connectivity index (χ1v) is 8.56. The second-order valence-corrected chi connectivity index (χ2v) is 5.70. The van der Waals surface area contributed by atoms with Crippen LogP contribution in [0.1, 0.15) is 32.8 Å². The maximum Gasteiger partial charge on any atom is 0.243 e. The molecule has 2 aromatic rings. The number of hydrogen-bond acceptors (Lipinski definition) is 6. The first-order valence-electron chi connectivity index (χ1n) is 7.77. The van der Waals surface area contributed by atoms with E-state index in [1.165, 1.54) is 0 Å². The molecule has 7 nitrogen and oxygen atoms in total. The van der Waals surface area contributed by atoms with Crippen LogP contribution >= 0.6 is 15.9 Å². The van der Waals surface area contributed by atoms with Crippen molar-refractivity contribution >= 4 is 21.9 Å². The summed E-state index contributed by atoms with van der Waals surface area (Å²) >= 11 is 3.55. The summed E-state index contributed by atoms with van der Waals surface area (Å²) in [5.74, 6) is 2.12. The predicted octanol–water partition coefficient (Wildman–Crippen LogP) is 3.26. The molecule has 0 unspecified atom stereocenters. The average Bonchev–Trinajstić information content (AvgIpc) is 2.97. The molecular formula is C15H22BrN5O2. The predicted molar refractivity (Wildman–Crippen MR) is 91.9 cm³/mol.